The van der Waals surface area contributed by atoms with Crippen LogP contribution < -0.4 is 4.74 Å². The second kappa shape index (κ2) is 5.79. The molecule has 0 amide bonds. The van der Waals surface area contributed by atoms with Crippen molar-refractivity contribution in [1.82, 2.24) is 14.8 Å². The van der Waals surface area contributed by atoms with E-state index in [0.717, 1.165) is 24.2 Å². The molecule has 3 rings (SSSR count). The van der Waals surface area contributed by atoms with Gasteiger partial charge in [0.05, 0.1) is 12.7 Å². The second-order valence-corrected chi connectivity index (χ2v) is 5.38. The zero-order chi connectivity index (χ0) is 15.7. The first-order chi connectivity index (χ1) is 10.6. The third-order valence-corrected chi connectivity index (χ3v) is 3.63. The van der Waals surface area contributed by atoms with E-state index in [0.29, 0.717) is 23.7 Å². The van der Waals surface area contributed by atoms with E-state index in [1.54, 1.807) is 17.8 Å². The highest BCUT2D eigenvalue weighted by Crippen LogP contribution is 2.34. The maximum atomic E-state index is 12.4. The van der Waals surface area contributed by atoms with Gasteiger partial charge in [-0.05, 0) is 32.9 Å². The minimum absolute atomic E-state index is 0.0568. The molecule has 6 heteroatoms. The fourth-order valence-corrected chi connectivity index (χ4v) is 2.47. The summed E-state index contributed by atoms with van der Waals surface area (Å²) in [6.07, 6.45) is 2.64. The van der Waals surface area contributed by atoms with Gasteiger partial charge >= 0.3 is 5.97 Å². The zero-order valence-electron chi connectivity index (χ0n) is 13.0. The van der Waals surface area contributed by atoms with Crippen molar-refractivity contribution < 1.29 is 14.3 Å². The fraction of sp³-hybridized carbons (Fsp3) is 0.438. The maximum absolute atomic E-state index is 12.4. The normalized spacial score (nSPS) is 16.8. The molecule has 1 aliphatic heterocycles. The molecule has 0 unspecified atom stereocenters. The molecule has 0 radical (unpaired) electrons. The lowest BCUT2D eigenvalue weighted by molar-refractivity contribution is 0.0515. The largest absolute Gasteiger partial charge is 0.474 e. The van der Waals surface area contributed by atoms with Crippen molar-refractivity contribution in [2.24, 2.45) is 0 Å². The van der Waals surface area contributed by atoms with Crippen LogP contribution in [0.1, 0.15) is 36.3 Å². The molecule has 0 aliphatic carbocycles. The van der Waals surface area contributed by atoms with Gasteiger partial charge in [0.15, 0.2) is 0 Å². The Kier molecular flexibility index (Phi) is 3.83. The van der Waals surface area contributed by atoms with Crippen molar-refractivity contribution in [3.63, 3.8) is 0 Å². The lowest BCUT2D eigenvalue weighted by Crippen LogP contribution is -2.24. The molecular weight excluding hydrogens is 282 g/mol. The topological polar surface area (TPSA) is 66.2 Å². The number of carbonyl (C=O) groups excluding carboxylic acids is 1. The van der Waals surface area contributed by atoms with Crippen molar-refractivity contribution >= 4 is 5.97 Å². The summed E-state index contributed by atoms with van der Waals surface area (Å²) in [5.74, 6) is 0.0844. The smallest absolute Gasteiger partial charge is 0.345 e. The van der Waals surface area contributed by atoms with Crippen LogP contribution in [-0.2, 0) is 11.3 Å². The van der Waals surface area contributed by atoms with Gasteiger partial charge in [-0.15, -0.1) is 0 Å². The van der Waals surface area contributed by atoms with Crippen LogP contribution in [0, 0.1) is 6.92 Å². The molecule has 0 bridgehead atoms. The number of hydrogen-bond acceptors (Lipinski definition) is 5. The van der Waals surface area contributed by atoms with Gasteiger partial charge in [0.1, 0.15) is 11.3 Å². The molecule has 1 aliphatic rings. The molecule has 3 heterocycles. The van der Waals surface area contributed by atoms with Gasteiger partial charge in [-0.1, -0.05) is 0 Å². The van der Waals surface area contributed by atoms with Crippen LogP contribution in [0.15, 0.2) is 18.3 Å². The van der Waals surface area contributed by atoms with E-state index in [2.05, 4.69) is 10.1 Å². The molecule has 0 aromatic carbocycles. The molecule has 0 spiro atoms. The summed E-state index contributed by atoms with van der Waals surface area (Å²) in [4.78, 5) is 16.7. The van der Waals surface area contributed by atoms with Crippen LogP contribution >= 0.6 is 0 Å². The highest BCUT2D eigenvalue weighted by atomic mass is 16.5. The Bertz CT molecular complexity index is 691. The molecule has 6 nitrogen and oxygen atoms in total. The Morgan fingerprint density at radius 2 is 2.32 bits per heavy atom. The maximum Gasteiger partial charge on any atom is 0.345 e. The van der Waals surface area contributed by atoms with Crippen molar-refractivity contribution in [3.05, 3.63) is 29.6 Å². The van der Waals surface area contributed by atoms with Gasteiger partial charge in [-0.3, -0.25) is 4.98 Å². The van der Waals surface area contributed by atoms with E-state index in [1.165, 1.54) is 0 Å². The van der Waals surface area contributed by atoms with Crippen LogP contribution in [0.5, 0.6) is 5.88 Å². The molecule has 22 heavy (non-hydrogen) atoms. The number of aromatic nitrogens is 3. The summed E-state index contributed by atoms with van der Waals surface area (Å²) >= 11 is 0. The predicted octanol–water partition coefficient (Wildman–Crippen LogP) is 2.60. The number of fused-ring (bicyclic) bond motifs is 1. The average Bonchev–Trinajstić information content (AvgIpc) is 2.86. The number of hydrogen-bond donors (Lipinski definition) is 0. The van der Waals surface area contributed by atoms with E-state index in [-0.39, 0.29) is 6.10 Å². The summed E-state index contributed by atoms with van der Waals surface area (Å²) in [6, 6.07) is 3.80. The Labute approximate surface area is 129 Å². The Morgan fingerprint density at radius 3 is 3.00 bits per heavy atom. The number of aryl methyl sites for hydroxylation is 2. The van der Waals surface area contributed by atoms with Crippen molar-refractivity contribution in [1.29, 1.82) is 0 Å². The number of nitrogens with zero attached hydrogens (tertiary/aromatic N) is 3. The molecule has 2 aromatic rings. The van der Waals surface area contributed by atoms with Crippen molar-refractivity contribution in [2.75, 3.05) is 6.61 Å². The summed E-state index contributed by atoms with van der Waals surface area (Å²) in [5, 5.41) is 4.54. The van der Waals surface area contributed by atoms with Crippen LogP contribution in [0.2, 0.25) is 0 Å². The molecule has 2 aromatic heterocycles. The predicted molar refractivity (Wildman–Crippen MR) is 80.9 cm³/mol. The Balaban J connectivity index is 2.12. The van der Waals surface area contributed by atoms with E-state index >= 15 is 0 Å². The zero-order valence-corrected chi connectivity index (χ0v) is 13.0. The molecule has 116 valence electrons. The van der Waals surface area contributed by atoms with Gasteiger partial charge < -0.3 is 9.47 Å². The third-order valence-electron chi connectivity index (χ3n) is 3.63. The third kappa shape index (κ3) is 2.56. The van der Waals surface area contributed by atoms with Gasteiger partial charge in [0.2, 0.25) is 5.88 Å². The first-order valence-corrected chi connectivity index (χ1v) is 7.47. The first-order valence-electron chi connectivity index (χ1n) is 7.47. The number of esters is 1. The van der Waals surface area contributed by atoms with E-state index < -0.39 is 5.97 Å². The Hall–Kier alpha value is -2.37. The SMILES string of the molecule is CCOC(=O)c1c(-c2ccc(C)nc2)nn2c1O[C@H](C)CC2. The summed E-state index contributed by atoms with van der Waals surface area (Å²) in [7, 11) is 0. The standard InChI is InChI=1S/C16H19N3O3/c1-4-21-16(20)13-14(12-6-5-10(2)17-9-12)18-19-8-7-11(3)22-15(13)19/h5-6,9,11H,4,7-8H2,1-3H3/t11-/m1/s1. The van der Waals surface area contributed by atoms with Crippen molar-refractivity contribution in [3.8, 4) is 17.1 Å². The molecule has 0 saturated heterocycles. The quantitative estimate of drug-likeness (QED) is 0.815. The van der Waals surface area contributed by atoms with Crippen LogP contribution in [0.3, 0.4) is 0 Å². The van der Waals surface area contributed by atoms with Gasteiger partial charge in [0, 0.05) is 30.4 Å². The van der Waals surface area contributed by atoms with E-state index in [1.807, 2.05) is 26.0 Å². The lowest BCUT2D eigenvalue weighted by atomic mass is 10.1. The van der Waals surface area contributed by atoms with Crippen LogP contribution in [-0.4, -0.2) is 33.4 Å². The summed E-state index contributed by atoms with van der Waals surface area (Å²) in [5.41, 5.74) is 2.65. The molecular formula is C16H19N3O3. The Morgan fingerprint density at radius 1 is 1.50 bits per heavy atom. The van der Waals surface area contributed by atoms with Crippen molar-refractivity contribution in [2.45, 2.75) is 39.8 Å². The summed E-state index contributed by atoms with van der Waals surface area (Å²) < 4.78 is 12.8. The first kappa shape index (κ1) is 14.6. The highest BCUT2D eigenvalue weighted by molar-refractivity contribution is 5.98. The summed E-state index contributed by atoms with van der Waals surface area (Å²) in [6.45, 7) is 6.72. The number of ether oxygens (including phenoxy) is 2. The monoisotopic (exact) mass is 301 g/mol. The van der Waals surface area contributed by atoms with Crippen LogP contribution in [0.4, 0.5) is 0 Å². The second-order valence-electron chi connectivity index (χ2n) is 5.38. The lowest BCUT2D eigenvalue weighted by Gasteiger charge is -2.21. The number of pyridine rings is 1. The van der Waals surface area contributed by atoms with E-state index in [4.69, 9.17) is 9.47 Å². The van der Waals surface area contributed by atoms with Crippen LogP contribution in [0.25, 0.3) is 11.3 Å². The minimum Gasteiger partial charge on any atom is -0.474 e. The average molecular weight is 301 g/mol. The van der Waals surface area contributed by atoms with Gasteiger partial charge in [-0.25, -0.2) is 9.48 Å². The highest BCUT2D eigenvalue weighted by Gasteiger charge is 2.30. The van der Waals surface area contributed by atoms with Gasteiger partial charge in [0.25, 0.3) is 0 Å². The molecule has 0 fully saturated rings. The van der Waals surface area contributed by atoms with Gasteiger partial charge in [-0.2, -0.15) is 5.10 Å². The number of rotatable bonds is 3. The molecule has 0 saturated carbocycles. The van der Waals surface area contributed by atoms with E-state index in [9.17, 15) is 4.79 Å². The minimum atomic E-state index is -0.409. The number of carbonyl (C=O) groups is 1. The molecule has 0 N–H and O–H groups in total. The fourth-order valence-electron chi connectivity index (χ4n) is 2.47. The molecule has 1 atom stereocenters.